The van der Waals surface area contributed by atoms with Gasteiger partial charge in [-0.3, -0.25) is 4.11 Å². The van der Waals surface area contributed by atoms with Crippen LogP contribution in [0.4, 0.5) is 4.11 Å². The SMILES string of the molecule is F[SiH](Cl)Cl. The van der Waals surface area contributed by atoms with Gasteiger partial charge in [0.05, 0.1) is 0 Å². The van der Waals surface area contributed by atoms with Crippen molar-refractivity contribution in [1.29, 1.82) is 0 Å². The van der Waals surface area contributed by atoms with Crippen LogP contribution in [0, 0.1) is 0 Å². The highest BCUT2D eigenvalue weighted by Gasteiger charge is 1.88. The average molecular weight is 119 g/mol. The molecule has 0 saturated carbocycles. The molecular formula is HCl2FSi. The lowest BCUT2D eigenvalue weighted by atomic mass is 18.9. The van der Waals surface area contributed by atoms with Crippen LogP contribution in [0.25, 0.3) is 0 Å². The first-order valence-electron chi connectivity index (χ1n) is 0.655. The van der Waals surface area contributed by atoms with Crippen LogP contribution in [-0.2, 0) is 0 Å². The molecule has 0 aromatic heterocycles. The molecule has 0 aromatic rings. The first kappa shape index (κ1) is 4.73. The lowest BCUT2D eigenvalue weighted by Gasteiger charge is -1.63. The van der Waals surface area contributed by atoms with E-state index in [0.717, 1.165) is 0 Å². The summed E-state index contributed by atoms with van der Waals surface area (Å²) in [6.07, 6.45) is 0. The highest BCUT2D eigenvalue weighted by atomic mass is 35.7. The number of hydrogen-bond donors (Lipinski definition) is 0. The summed E-state index contributed by atoms with van der Waals surface area (Å²) in [6, 6.07) is 0. The Morgan fingerprint density at radius 1 is 1.50 bits per heavy atom. The van der Waals surface area contributed by atoms with Crippen molar-refractivity contribution in [1.82, 2.24) is 0 Å². The minimum absolute atomic E-state index is 2.69. The fraction of sp³-hybridized carbons (Fsp3) is 0. The van der Waals surface area contributed by atoms with Crippen molar-refractivity contribution in [3.63, 3.8) is 0 Å². The summed E-state index contributed by atoms with van der Waals surface area (Å²) < 4.78 is 10.7. The number of rotatable bonds is 0. The van der Waals surface area contributed by atoms with Gasteiger partial charge in [-0.25, -0.2) is 0 Å². The third kappa shape index (κ3) is 15.4. The smallest absolute Gasteiger partial charge is 0.277 e. The molecule has 0 nitrogen and oxygen atoms in total. The van der Waals surface area contributed by atoms with Gasteiger partial charge in [0.25, 0.3) is 0 Å². The Morgan fingerprint density at radius 2 is 1.50 bits per heavy atom. The molecule has 0 rings (SSSR count). The quantitative estimate of drug-likeness (QED) is 0.331. The maximum absolute atomic E-state index is 10.7. The van der Waals surface area contributed by atoms with Gasteiger partial charge in [0, 0.05) is 0 Å². The molecule has 0 aromatic carbocycles. The van der Waals surface area contributed by atoms with E-state index in [4.69, 9.17) is 0 Å². The Kier molecular flexibility index (Phi) is 2.36. The molecule has 0 spiro atoms. The topological polar surface area (TPSA) is 0 Å². The molecule has 0 N–H and O–H groups in total. The maximum Gasteiger partial charge on any atom is 0.418 e. The second-order valence-corrected chi connectivity index (χ2v) is 3.71. The van der Waals surface area contributed by atoms with Crippen LogP contribution in [-0.4, -0.2) is 7.75 Å². The lowest BCUT2D eigenvalue weighted by Crippen LogP contribution is -1.69. The maximum atomic E-state index is 10.7. The van der Waals surface area contributed by atoms with E-state index in [9.17, 15) is 4.11 Å². The molecule has 0 atom stereocenters. The Hall–Kier alpha value is 0.727. The van der Waals surface area contributed by atoms with E-state index in [1.54, 1.807) is 0 Å². The normalized spacial score (nSPS) is 9.00. The molecule has 0 aliphatic rings. The van der Waals surface area contributed by atoms with Crippen molar-refractivity contribution in [3.05, 3.63) is 0 Å². The predicted molar refractivity (Wildman–Crippen MR) is 20.0 cm³/mol. The van der Waals surface area contributed by atoms with Crippen LogP contribution in [0.5, 0.6) is 0 Å². The zero-order valence-corrected chi connectivity index (χ0v) is 4.38. The van der Waals surface area contributed by atoms with Crippen molar-refractivity contribution in [2.24, 2.45) is 0 Å². The van der Waals surface area contributed by atoms with Crippen LogP contribution in [0.3, 0.4) is 0 Å². The van der Waals surface area contributed by atoms with Crippen LogP contribution >= 0.6 is 22.2 Å². The minimum Gasteiger partial charge on any atom is -0.277 e. The second-order valence-electron chi connectivity index (χ2n) is 0.247. The van der Waals surface area contributed by atoms with Gasteiger partial charge in [0.15, 0.2) is 0 Å². The highest BCUT2D eigenvalue weighted by molar-refractivity contribution is 7.30. The zero-order chi connectivity index (χ0) is 3.58. The molecule has 0 radical (unpaired) electrons. The van der Waals surface area contributed by atoms with E-state index in [-0.39, 0.29) is 0 Å². The number of halogens is 3. The standard InChI is InChI=1S/Cl2FHSi/c1-4(2)3/h4H. The molecule has 0 bridgehead atoms. The van der Waals surface area contributed by atoms with E-state index in [1.165, 1.54) is 0 Å². The van der Waals surface area contributed by atoms with E-state index >= 15 is 0 Å². The van der Waals surface area contributed by atoms with Crippen LogP contribution in [0.15, 0.2) is 0 Å². The molecule has 0 amide bonds. The van der Waals surface area contributed by atoms with E-state index in [2.05, 4.69) is 22.2 Å². The van der Waals surface area contributed by atoms with Gasteiger partial charge in [-0.05, 0) is 0 Å². The van der Waals surface area contributed by atoms with E-state index < -0.39 is 7.75 Å². The fourth-order valence-corrected chi connectivity index (χ4v) is 0. The first-order chi connectivity index (χ1) is 1.73. The molecule has 4 heavy (non-hydrogen) atoms. The third-order valence-corrected chi connectivity index (χ3v) is 0. The summed E-state index contributed by atoms with van der Waals surface area (Å²) in [5.74, 6) is 0. The molecule has 0 saturated heterocycles. The van der Waals surface area contributed by atoms with Crippen molar-refractivity contribution in [3.8, 4) is 0 Å². The van der Waals surface area contributed by atoms with Gasteiger partial charge < -0.3 is 0 Å². The van der Waals surface area contributed by atoms with Crippen LogP contribution in [0.1, 0.15) is 0 Å². The van der Waals surface area contributed by atoms with Crippen molar-refractivity contribution in [2.45, 2.75) is 0 Å². The highest BCUT2D eigenvalue weighted by Crippen LogP contribution is 1.92. The lowest BCUT2D eigenvalue weighted by molar-refractivity contribution is 0.884. The summed E-state index contributed by atoms with van der Waals surface area (Å²) in [4.78, 5) is 0. The largest absolute Gasteiger partial charge is 0.418 e. The molecule has 0 aliphatic heterocycles. The molecule has 4 heteroatoms. The summed E-state index contributed by atoms with van der Waals surface area (Å²) in [5.41, 5.74) is 0. The Morgan fingerprint density at radius 3 is 1.50 bits per heavy atom. The van der Waals surface area contributed by atoms with Crippen LogP contribution in [0.2, 0.25) is 0 Å². The van der Waals surface area contributed by atoms with Gasteiger partial charge in [-0.1, -0.05) is 0 Å². The molecule has 0 heterocycles. The van der Waals surface area contributed by atoms with Gasteiger partial charge in [-0.15, -0.1) is 22.2 Å². The first-order valence-corrected chi connectivity index (χ1v) is 4.58. The molecule has 0 fully saturated rings. The van der Waals surface area contributed by atoms with E-state index in [1.807, 2.05) is 0 Å². The Labute approximate surface area is 34.7 Å². The zero-order valence-electron chi connectivity index (χ0n) is 1.71. The van der Waals surface area contributed by atoms with Crippen molar-refractivity contribution < 1.29 is 4.11 Å². The average Bonchev–Trinajstić information content (AvgIpc) is 0.811. The summed E-state index contributed by atoms with van der Waals surface area (Å²) in [5, 5.41) is 0. The number of hydrogen-bond acceptors (Lipinski definition) is 0. The molecule has 0 unspecified atom stereocenters. The third-order valence-electron chi connectivity index (χ3n) is 0. The van der Waals surface area contributed by atoms with Crippen LogP contribution < -0.4 is 0 Å². The molecule has 26 valence electrons. The van der Waals surface area contributed by atoms with Gasteiger partial charge >= 0.3 is 7.75 Å². The Bertz CT molecular complexity index is 10.8. The monoisotopic (exact) mass is 118 g/mol. The predicted octanol–water partition coefficient (Wildman–Crippen LogP) is 1.15. The van der Waals surface area contributed by atoms with E-state index in [0.29, 0.717) is 0 Å². The fourth-order valence-electron chi connectivity index (χ4n) is 0. The summed E-state index contributed by atoms with van der Waals surface area (Å²) >= 11 is 9.02. The second kappa shape index (κ2) is 2.00. The Balaban J connectivity index is 2.32. The van der Waals surface area contributed by atoms with Gasteiger partial charge in [-0.2, -0.15) is 0 Å². The van der Waals surface area contributed by atoms with Gasteiger partial charge in [0.1, 0.15) is 0 Å². The molecule has 0 aliphatic carbocycles. The molecular weight excluding hydrogens is 118 g/mol. The summed E-state index contributed by atoms with van der Waals surface area (Å²) in [6.45, 7) is 0. The van der Waals surface area contributed by atoms with Crippen molar-refractivity contribution >= 4 is 29.9 Å². The van der Waals surface area contributed by atoms with Gasteiger partial charge in [0.2, 0.25) is 0 Å². The summed E-state index contributed by atoms with van der Waals surface area (Å²) in [7, 11) is -2.69. The minimum atomic E-state index is -2.69. The van der Waals surface area contributed by atoms with Crippen molar-refractivity contribution in [2.75, 3.05) is 0 Å².